The molecule has 8 heteroatoms. The predicted molar refractivity (Wildman–Crippen MR) is 119 cm³/mol. The number of rotatable bonds is 9. The standard InChI is InChI=1S/C18H31N3O3S.HI/c1-14(2)13-24-17-8-6-16(7-9-17)12-20-18(19-4)21-15(3)10-11-25(5,22)23;/h6-9,14-15H,10-13H2,1-5H3,(H2,19,20,21);1H. The lowest BCUT2D eigenvalue weighted by Crippen LogP contribution is -2.42. The zero-order valence-corrected chi connectivity index (χ0v) is 19.4. The summed E-state index contributed by atoms with van der Waals surface area (Å²) in [6.07, 6.45) is 1.79. The molecule has 0 aliphatic heterocycles. The van der Waals surface area contributed by atoms with E-state index in [0.717, 1.165) is 11.3 Å². The molecule has 1 rings (SSSR count). The lowest BCUT2D eigenvalue weighted by atomic mass is 10.2. The maximum atomic E-state index is 11.2. The lowest BCUT2D eigenvalue weighted by molar-refractivity contribution is 0.271. The van der Waals surface area contributed by atoms with Gasteiger partial charge in [-0.05, 0) is 37.0 Å². The Balaban J connectivity index is 0.00000625. The number of ether oxygens (including phenoxy) is 1. The van der Waals surface area contributed by atoms with Gasteiger partial charge in [-0.15, -0.1) is 24.0 Å². The second-order valence-electron chi connectivity index (χ2n) is 6.74. The van der Waals surface area contributed by atoms with Gasteiger partial charge in [0.1, 0.15) is 15.6 Å². The van der Waals surface area contributed by atoms with E-state index in [1.54, 1.807) is 7.05 Å². The molecule has 1 unspecified atom stereocenters. The normalized spacial score (nSPS) is 13.1. The van der Waals surface area contributed by atoms with Gasteiger partial charge in [-0.1, -0.05) is 26.0 Å². The molecular weight excluding hydrogens is 465 g/mol. The molecule has 1 aromatic rings. The van der Waals surface area contributed by atoms with Gasteiger partial charge in [0.05, 0.1) is 12.4 Å². The summed E-state index contributed by atoms with van der Waals surface area (Å²) in [6, 6.07) is 7.98. The van der Waals surface area contributed by atoms with E-state index in [2.05, 4.69) is 29.5 Å². The Kier molecular flexibility index (Phi) is 11.9. The molecule has 26 heavy (non-hydrogen) atoms. The van der Waals surface area contributed by atoms with E-state index < -0.39 is 9.84 Å². The van der Waals surface area contributed by atoms with Crippen molar-refractivity contribution in [3.8, 4) is 5.75 Å². The molecule has 6 nitrogen and oxygen atoms in total. The highest BCUT2D eigenvalue weighted by Crippen LogP contribution is 2.13. The number of sulfone groups is 1. The number of nitrogens with one attached hydrogen (secondary N) is 2. The highest BCUT2D eigenvalue weighted by molar-refractivity contribution is 14.0. The quantitative estimate of drug-likeness (QED) is 0.312. The van der Waals surface area contributed by atoms with Crippen LogP contribution >= 0.6 is 24.0 Å². The van der Waals surface area contributed by atoms with Gasteiger partial charge in [0, 0.05) is 25.9 Å². The lowest BCUT2D eigenvalue weighted by Gasteiger charge is -2.17. The van der Waals surface area contributed by atoms with E-state index in [-0.39, 0.29) is 35.8 Å². The van der Waals surface area contributed by atoms with Crippen LogP contribution in [0, 0.1) is 5.92 Å². The first-order valence-electron chi connectivity index (χ1n) is 8.56. The maximum Gasteiger partial charge on any atom is 0.191 e. The van der Waals surface area contributed by atoms with Crippen molar-refractivity contribution < 1.29 is 13.2 Å². The summed E-state index contributed by atoms with van der Waals surface area (Å²) in [5, 5.41) is 6.44. The third kappa shape index (κ3) is 11.6. The van der Waals surface area contributed by atoms with E-state index in [9.17, 15) is 8.42 Å². The van der Waals surface area contributed by atoms with Crippen LogP contribution < -0.4 is 15.4 Å². The molecule has 1 atom stereocenters. The van der Waals surface area contributed by atoms with Gasteiger partial charge >= 0.3 is 0 Å². The summed E-state index contributed by atoms with van der Waals surface area (Å²) in [4.78, 5) is 4.17. The van der Waals surface area contributed by atoms with Crippen LogP contribution in [0.2, 0.25) is 0 Å². The minimum absolute atomic E-state index is 0. The van der Waals surface area contributed by atoms with Gasteiger partial charge in [-0.25, -0.2) is 8.42 Å². The first kappa shape index (κ1) is 25.0. The fourth-order valence-corrected chi connectivity index (χ4v) is 2.82. The molecule has 0 saturated heterocycles. The van der Waals surface area contributed by atoms with Gasteiger partial charge in [0.2, 0.25) is 0 Å². The van der Waals surface area contributed by atoms with Gasteiger partial charge in [0.25, 0.3) is 0 Å². The predicted octanol–water partition coefficient (Wildman–Crippen LogP) is 2.83. The Morgan fingerprint density at radius 1 is 1.19 bits per heavy atom. The van der Waals surface area contributed by atoms with E-state index in [0.29, 0.717) is 31.4 Å². The fourth-order valence-electron chi connectivity index (χ4n) is 2.04. The second-order valence-corrected chi connectivity index (χ2v) is 9.00. The third-order valence-electron chi connectivity index (χ3n) is 3.50. The van der Waals surface area contributed by atoms with E-state index in [1.165, 1.54) is 6.26 Å². The number of aliphatic imine (C=N–C) groups is 1. The smallest absolute Gasteiger partial charge is 0.191 e. The molecule has 0 amide bonds. The highest BCUT2D eigenvalue weighted by Gasteiger charge is 2.09. The SMILES string of the molecule is CN=C(NCc1ccc(OCC(C)C)cc1)NC(C)CCS(C)(=O)=O.I. The summed E-state index contributed by atoms with van der Waals surface area (Å²) in [7, 11) is -1.25. The van der Waals surface area contributed by atoms with Crippen molar-refractivity contribution >= 4 is 39.8 Å². The van der Waals surface area contributed by atoms with Crippen molar-refractivity contribution in [2.75, 3.05) is 25.7 Å². The van der Waals surface area contributed by atoms with Crippen molar-refractivity contribution in [2.45, 2.75) is 39.8 Å². The van der Waals surface area contributed by atoms with Gasteiger partial charge < -0.3 is 15.4 Å². The fraction of sp³-hybridized carbons (Fsp3) is 0.611. The molecule has 0 spiro atoms. The van der Waals surface area contributed by atoms with Crippen LogP contribution in [0.3, 0.4) is 0 Å². The van der Waals surface area contributed by atoms with Crippen molar-refractivity contribution in [3.63, 3.8) is 0 Å². The molecule has 0 heterocycles. The van der Waals surface area contributed by atoms with E-state index in [1.807, 2.05) is 31.2 Å². The average molecular weight is 497 g/mol. The Hall–Kier alpha value is -1.03. The Labute approximate surface area is 175 Å². The second kappa shape index (κ2) is 12.4. The summed E-state index contributed by atoms with van der Waals surface area (Å²) in [6.45, 7) is 7.52. The van der Waals surface area contributed by atoms with Gasteiger partial charge in [-0.3, -0.25) is 4.99 Å². The minimum atomic E-state index is -2.94. The topological polar surface area (TPSA) is 79.8 Å². The van der Waals surface area contributed by atoms with Crippen molar-refractivity contribution in [2.24, 2.45) is 10.9 Å². The van der Waals surface area contributed by atoms with Crippen molar-refractivity contribution in [1.29, 1.82) is 0 Å². The Morgan fingerprint density at radius 2 is 1.81 bits per heavy atom. The van der Waals surface area contributed by atoms with Crippen LogP contribution in [0.5, 0.6) is 5.75 Å². The molecule has 2 N–H and O–H groups in total. The summed E-state index contributed by atoms with van der Waals surface area (Å²) in [5.41, 5.74) is 1.11. The Bertz CT molecular complexity index is 646. The molecule has 0 fully saturated rings. The number of benzene rings is 1. The molecule has 0 aliphatic carbocycles. The van der Waals surface area contributed by atoms with Crippen LogP contribution in [0.4, 0.5) is 0 Å². The largest absolute Gasteiger partial charge is 0.493 e. The Morgan fingerprint density at radius 3 is 2.31 bits per heavy atom. The molecular formula is C18H32IN3O3S. The zero-order valence-electron chi connectivity index (χ0n) is 16.3. The zero-order chi connectivity index (χ0) is 18.9. The number of halogens is 1. The molecule has 0 aliphatic rings. The maximum absolute atomic E-state index is 11.2. The first-order chi connectivity index (χ1) is 11.7. The van der Waals surface area contributed by atoms with Gasteiger partial charge in [0.15, 0.2) is 5.96 Å². The van der Waals surface area contributed by atoms with Crippen LogP contribution in [0.25, 0.3) is 0 Å². The molecule has 1 aromatic carbocycles. The highest BCUT2D eigenvalue weighted by atomic mass is 127. The van der Waals surface area contributed by atoms with E-state index >= 15 is 0 Å². The average Bonchev–Trinajstić information content (AvgIpc) is 2.55. The molecule has 0 saturated carbocycles. The van der Waals surface area contributed by atoms with Crippen LogP contribution in [-0.2, 0) is 16.4 Å². The summed E-state index contributed by atoms with van der Waals surface area (Å²) < 4.78 is 28.1. The monoisotopic (exact) mass is 497 g/mol. The van der Waals surface area contributed by atoms with E-state index in [4.69, 9.17) is 4.74 Å². The van der Waals surface area contributed by atoms with Crippen molar-refractivity contribution in [1.82, 2.24) is 10.6 Å². The van der Waals surface area contributed by atoms with Crippen LogP contribution in [-0.4, -0.2) is 46.1 Å². The van der Waals surface area contributed by atoms with Crippen molar-refractivity contribution in [3.05, 3.63) is 29.8 Å². The number of guanidine groups is 1. The number of hydrogen-bond donors (Lipinski definition) is 2. The molecule has 150 valence electrons. The third-order valence-corrected chi connectivity index (χ3v) is 4.47. The first-order valence-corrected chi connectivity index (χ1v) is 10.6. The molecule has 0 aromatic heterocycles. The minimum Gasteiger partial charge on any atom is -0.493 e. The molecule has 0 radical (unpaired) electrons. The summed E-state index contributed by atoms with van der Waals surface area (Å²) >= 11 is 0. The number of nitrogens with zero attached hydrogens (tertiary/aromatic N) is 1. The van der Waals surface area contributed by atoms with Gasteiger partial charge in [-0.2, -0.15) is 0 Å². The summed E-state index contributed by atoms with van der Waals surface area (Å²) in [5.74, 6) is 2.19. The number of hydrogen-bond acceptors (Lipinski definition) is 4. The van der Waals surface area contributed by atoms with Crippen LogP contribution in [0.1, 0.15) is 32.8 Å². The molecule has 0 bridgehead atoms. The van der Waals surface area contributed by atoms with Crippen LogP contribution in [0.15, 0.2) is 29.3 Å².